The summed E-state index contributed by atoms with van der Waals surface area (Å²) < 4.78 is 6.74. The van der Waals surface area contributed by atoms with Crippen molar-refractivity contribution in [3.63, 3.8) is 0 Å². The lowest BCUT2D eigenvalue weighted by Crippen LogP contribution is -2.23. The van der Waals surface area contributed by atoms with Crippen LogP contribution in [0.5, 0.6) is 5.75 Å². The number of nitrogens with zero attached hydrogens (tertiary/aromatic N) is 4. The molecule has 8 heteroatoms. The van der Waals surface area contributed by atoms with E-state index in [9.17, 15) is 4.79 Å². The first-order chi connectivity index (χ1) is 11.7. The fraction of sp³-hybridized carbons (Fsp3) is 0.125. The van der Waals surface area contributed by atoms with Crippen LogP contribution in [0.25, 0.3) is 5.69 Å². The van der Waals surface area contributed by atoms with Crippen LogP contribution in [0.15, 0.2) is 48.8 Å². The summed E-state index contributed by atoms with van der Waals surface area (Å²) in [7, 11) is 1.61. The van der Waals surface area contributed by atoms with Crippen LogP contribution in [-0.4, -0.2) is 33.0 Å². The smallest absolute Gasteiger partial charge is 0.270 e. The second-order valence-corrected chi connectivity index (χ2v) is 5.33. The van der Waals surface area contributed by atoms with Gasteiger partial charge in [-0.25, -0.2) is 9.67 Å². The molecular formula is C16H14ClN5O2. The van der Waals surface area contributed by atoms with Crippen molar-refractivity contribution in [2.45, 2.75) is 6.54 Å². The maximum atomic E-state index is 12.0. The Labute approximate surface area is 143 Å². The van der Waals surface area contributed by atoms with Gasteiger partial charge in [0.1, 0.15) is 17.1 Å². The van der Waals surface area contributed by atoms with Crippen LogP contribution in [0.2, 0.25) is 5.02 Å². The van der Waals surface area contributed by atoms with Crippen molar-refractivity contribution in [1.82, 2.24) is 25.3 Å². The monoisotopic (exact) mass is 343 g/mol. The molecule has 1 N–H and O–H groups in total. The molecule has 1 amide bonds. The average Bonchev–Trinajstić information content (AvgIpc) is 3.09. The first-order valence-electron chi connectivity index (χ1n) is 7.11. The molecule has 0 unspecified atom stereocenters. The molecule has 0 bridgehead atoms. The van der Waals surface area contributed by atoms with Crippen LogP contribution in [0, 0.1) is 0 Å². The van der Waals surface area contributed by atoms with Gasteiger partial charge in [-0.15, -0.1) is 5.10 Å². The number of halogens is 1. The van der Waals surface area contributed by atoms with Gasteiger partial charge in [0.05, 0.1) is 30.6 Å². The molecule has 0 aliphatic rings. The molecule has 7 nitrogen and oxygen atoms in total. The quantitative estimate of drug-likeness (QED) is 0.768. The Morgan fingerprint density at radius 2 is 2.04 bits per heavy atom. The number of ether oxygens (including phenoxy) is 1. The predicted octanol–water partition coefficient (Wildman–Crippen LogP) is 2.25. The van der Waals surface area contributed by atoms with Crippen molar-refractivity contribution in [3.8, 4) is 11.4 Å². The van der Waals surface area contributed by atoms with E-state index in [2.05, 4.69) is 20.6 Å². The van der Waals surface area contributed by atoms with Gasteiger partial charge >= 0.3 is 0 Å². The summed E-state index contributed by atoms with van der Waals surface area (Å²) in [5.41, 5.74) is 1.77. The number of aromatic nitrogens is 4. The number of methoxy groups -OCH3 is 1. The van der Waals surface area contributed by atoms with E-state index in [1.165, 1.54) is 6.20 Å². The van der Waals surface area contributed by atoms with Gasteiger partial charge < -0.3 is 10.1 Å². The standard InChI is InChI=1S/C16H14ClN5O2/c1-24-14-5-3-13(4-6-14)22-10-12(20-21-22)9-19-16(23)15-7-2-11(17)8-18-15/h2-8,10H,9H2,1H3,(H,19,23). The van der Waals surface area contributed by atoms with Crippen LogP contribution in [-0.2, 0) is 6.54 Å². The van der Waals surface area contributed by atoms with E-state index in [0.717, 1.165) is 11.4 Å². The fourth-order valence-electron chi connectivity index (χ4n) is 2.01. The maximum absolute atomic E-state index is 12.0. The first-order valence-corrected chi connectivity index (χ1v) is 7.49. The van der Waals surface area contributed by atoms with Crippen LogP contribution in [0.3, 0.4) is 0 Å². The van der Waals surface area contributed by atoms with Crippen molar-refractivity contribution in [2.24, 2.45) is 0 Å². The highest BCUT2D eigenvalue weighted by atomic mass is 35.5. The average molecular weight is 344 g/mol. The summed E-state index contributed by atoms with van der Waals surface area (Å²) in [6.45, 7) is 0.249. The van der Waals surface area contributed by atoms with Crippen LogP contribution >= 0.6 is 11.6 Å². The molecule has 0 radical (unpaired) electrons. The Bertz CT molecular complexity index is 830. The summed E-state index contributed by atoms with van der Waals surface area (Å²) >= 11 is 5.75. The molecule has 0 saturated heterocycles. The fourth-order valence-corrected chi connectivity index (χ4v) is 2.12. The van der Waals surface area contributed by atoms with Crippen molar-refractivity contribution in [2.75, 3.05) is 7.11 Å². The molecule has 3 rings (SSSR count). The van der Waals surface area contributed by atoms with Crippen molar-refractivity contribution in [1.29, 1.82) is 0 Å². The molecular weight excluding hydrogens is 330 g/mol. The third-order valence-corrected chi connectivity index (χ3v) is 3.49. The van der Waals surface area contributed by atoms with Crippen LogP contribution in [0.4, 0.5) is 0 Å². The Balaban J connectivity index is 1.63. The van der Waals surface area contributed by atoms with Crippen LogP contribution < -0.4 is 10.1 Å². The van der Waals surface area contributed by atoms with E-state index in [-0.39, 0.29) is 12.5 Å². The highest BCUT2D eigenvalue weighted by Crippen LogP contribution is 2.14. The normalized spacial score (nSPS) is 10.4. The number of hydrogen-bond donors (Lipinski definition) is 1. The summed E-state index contributed by atoms with van der Waals surface area (Å²) in [4.78, 5) is 16.0. The lowest BCUT2D eigenvalue weighted by Gasteiger charge is -2.03. The second-order valence-electron chi connectivity index (χ2n) is 4.90. The largest absolute Gasteiger partial charge is 0.497 e. The summed E-state index contributed by atoms with van der Waals surface area (Å²) in [6, 6.07) is 10.6. The number of amides is 1. The molecule has 0 aliphatic heterocycles. The van der Waals surface area contributed by atoms with E-state index in [1.54, 1.807) is 30.1 Å². The van der Waals surface area contributed by atoms with Gasteiger partial charge in [-0.05, 0) is 36.4 Å². The van der Waals surface area contributed by atoms with Gasteiger partial charge in [-0.2, -0.15) is 0 Å². The van der Waals surface area contributed by atoms with Gasteiger partial charge in [-0.3, -0.25) is 4.79 Å². The maximum Gasteiger partial charge on any atom is 0.270 e. The van der Waals surface area contributed by atoms with Gasteiger partial charge in [0.25, 0.3) is 5.91 Å². The molecule has 0 atom stereocenters. The number of hydrogen-bond acceptors (Lipinski definition) is 5. The molecule has 2 heterocycles. The minimum atomic E-state index is -0.300. The number of carbonyl (C=O) groups is 1. The Kier molecular flexibility index (Phi) is 4.72. The molecule has 0 spiro atoms. The molecule has 122 valence electrons. The molecule has 0 saturated carbocycles. The number of pyridine rings is 1. The molecule has 0 fully saturated rings. The van der Waals surface area contributed by atoms with Crippen molar-refractivity contribution < 1.29 is 9.53 Å². The molecule has 3 aromatic rings. The van der Waals surface area contributed by atoms with Crippen molar-refractivity contribution in [3.05, 3.63) is 65.2 Å². The minimum Gasteiger partial charge on any atom is -0.497 e. The van der Waals surface area contributed by atoms with Gasteiger partial charge in [-0.1, -0.05) is 16.8 Å². The molecule has 1 aromatic carbocycles. The Morgan fingerprint density at radius 1 is 1.25 bits per heavy atom. The van der Waals surface area contributed by atoms with E-state index in [1.807, 2.05) is 24.3 Å². The summed E-state index contributed by atoms with van der Waals surface area (Å²) in [5.74, 6) is 0.465. The lowest BCUT2D eigenvalue weighted by molar-refractivity contribution is 0.0945. The van der Waals surface area contributed by atoms with Crippen LogP contribution in [0.1, 0.15) is 16.2 Å². The zero-order valence-electron chi connectivity index (χ0n) is 12.8. The van der Waals surface area contributed by atoms with E-state index < -0.39 is 0 Å². The van der Waals surface area contributed by atoms with Crippen molar-refractivity contribution >= 4 is 17.5 Å². The highest BCUT2D eigenvalue weighted by molar-refractivity contribution is 6.30. The van der Waals surface area contributed by atoms with Gasteiger partial charge in [0.15, 0.2) is 0 Å². The number of nitrogens with one attached hydrogen (secondary N) is 1. The third kappa shape index (κ3) is 3.69. The SMILES string of the molecule is COc1ccc(-n2cc(CNC(=O)c3ccc(Cl)cn3)nn2)cc1. The molecule has 0 aliphatic carbocycles. The van der Waals surface area contributed by atoms with Gasteiger partial charge in [0, 0.05) is 6.20 Å². The number of benzene rings is 1. The minimum absolute atomic E-state index is 0.249. The molecule has 24 heavy (non-hydrogen) atoms. The number of rotatable bonds is 5. The molecule has 2 aromatic heterocycles. The van der Waals surface area contributed by atoms with Gasteiger partial charge in [0.2, 0.25) is 0 Å². The topological polar surface area (TPSA) is 81.9 Å². The third-order valence-electron chi connectivity index (χ3n) is 3.27. The summed E-state index contributed by atoms with van der Waals surface area (Å²) in [5, 5.41) is 11.3. The number of carbonyl (C=O) groups excluding carboxylic acids is 1. The lowest BCUT2D eigenvalue weighted by atomic mass is 10.3. The Morgan fingerprint density at radius 3 is 2.71 bits per heavy atom. The Hall–Kier alpha value is -2.93. The highest BCUT2D eigenvalue weighted by Gasteiger charge is 2.09. The zero-order chi connectivity index (χ0) is 16.9. The van der Waals surface area contributed by atoms with E-state index in [0.29, 0.717) is 16.4 Å². The summed E-state index contributed by atoms with van der Waals surface area (Å²) in [6.07, 6.45) is 3.17. The van der Waals surface area contributed by atoms with E-state index >= 15 is 0 Å². The van der Waals surface area contributed by atoms with E-state index in [4.69, 9.17) is 16.3 Å². The zero-order valence-corrected chi connectivity index (χ0v) is 13.6. The first kappa shape index (κ1) is 15.9. The second kappa shape index (κ2) is 7.10. The predicted molar refractivity (Wildman–Crippen MR) is 88.3 cm³/mol.